The zero-order valence-corrected chi connectivity index (χ0v) is 9.51. The quantitative estimate of drug-likeness (QED) is 0.545. The van der Waals surface area contributed by atoms with E-state index < -0.39 is 0 Å². The lowest BCUT2D eigenvalue weighted by Crippen LogP contribution is -2.21. The fourth-order valence-corrected chi connectivity index (χ4v) is 1.03. The van der Waals surface area contributed by atoms with Crippen LogP contribution in [0.3, 0.4) is 0 Å². The van der Waals surface area contributed by atoms with Crippen LogP contribution in [0, 0.1) is 0 Å². The van der Waals surface area contributed by atoms with E-state index in [1.165, 1.54) is 6.42 Å². The van der Waals surface area contributed by atoms with Gasteiger partial charge in [0.1, 0.15) is 0 Å². The van der Waals surface area contributed by atoms with E-state index in [2.05, 4.69) is 27.7 Å². The minimum atomic E-state index is 0.229. The molecule has 0 saturated heterocycles. The molecule has 0 aliphatic heterocycles. The minimum absolute atomic E-state index is 0.229. The van der Waals surface area contributed by atoms with Gasteiger partial charge in [-0.05, 0) is 26.7 Å². The Hall–Kier alpha value is -0.0800. The van der Waals surface area contributed by atoms with Crippen LogP contribution in [-0.4, -0.2) is 25.4 Å². The molecule has 0 spiro atoms. The summed E-state index contributed by atoms with van der Waals surface area (Å²) in [4.78, 5) is 0. The third kappa shape index (κ3) is 8.26. The Morgan fingerprint density at radius 2 is 1.77 bits per heavy atom. The zero-order valence-electron chi connectivity index (χ0n) is 9.51. The molecule has 0 saturated carbocycles. The van der Waals surface area contributed by atoms with Crippen molar-refractivity contribution in [3.63, 3.8) is 0 Å². The van der Waals surface area contributed by atoms with Crippen molar-refractivity contribution < 1.29 is 9.47 Å². The largest absolute Gasteiger partial charge is 0.379 e. The third-order valence-corrected chi connectivity index (χ3v) is 2.03. The first-order chi connectivity index (χ1) is 6.20. The van der Waals surface area contributed by atoms with Crippen LogP contribution in [0.15, 0.2) is 0 Å². The zero-order chi connectivity index (χ0) is 10.1. The Morgan fingerprint density at radius 3 is 2.31 bits per heavy atom. The van der Waals surface area contributed by atoms with Gasteiger partial charge in [-0.3, -0.25) is 0 Å². The summed E-state index contributed by atoms with van der Waals surface area (Å²) >= 11 is 0. The predicted octanol–water partition coefficient (Wildman–Crippen LogP) is 3.01. The first-order valence-electron chi connectivity index (χ1n) is 5.43. The van der Waals surface area contributed by atoms with E-state index in [1.54, 1.807) is 0 Å². The van der Waals surface area contributed by atoms with Gasteiger partial charge in [-0.25, -0.2) is 0 Å². The van der Waals surface area contributed by atoms with Crippen LogP contribution in [0.25, 0.3) is 0 Å². The molecular formula is C11H24O2. The van der Waals surface area contributed by atoms with Gasteiger partial charge < -0.3 is 9.47 Å². The van der Waals surface area contributed by atoms with E-state index in [4.69, 9.17) is 9.47 Å². The fourth-order valence-electron chi connectivity index (χ4n) is 1.03. The maximum Gasteiger partial charge on any atom is 0.0784 e. The molecule has 0 radical (unpaired) electrons. The maximum absolute atomic E-state index is 5.65. The molecule has 80 valence electrons. The van der Waals surface area contributed by atoms with Gasteiger partial charge in [0.15, 0.2) is 0 Å². The van der Waals surface area contributed by atoms with Gasteiger partial charge in [-0.15, -0.1) is 0 Å². The van der Waals surface area contributed by atoms with E-state index in [0.717, 1.165) is 26.1 Å². The molecule has 0 rings (SSSR count). The van der Waals surface area contributed by atoms with Crippen molar-refractivity contribution in [2.75, 3.05) is 13.2 Å². The summed E-state index contributed by atoms with van der Waals surface area (Å²) in [5, 5.41) is 0. The van der Waals surface area contributed by atoms with Gasteiger partial charge in [-0.2, -0.15) is 0 Å². The summed E-state index contributed by atoms with van der Waals surface area (Å²) in [6.07, 6.45) is 3.99. The summed E-state index contributed by atoms with van der Waals surface area (Å²) in [6, 6.07) is 0. The molecule has 2 heteroatoms. The Bertz CT molecular complexity index is 104. The average molecular weight is 188 g/mol. The van der Waals surface area contributed by atoms with Crippen LogP contribution < -0.4 is 0 Å². The molecule has 0 aromatic heterocycles. The van der Waals surface area contributed by atoms with Gasteiger partial charge in [0.2, 0.25) is 0 Å². The Labute approximate surface area is 82.6 Å². The fraction of sp³-hybridized carbons (Fsp3) is 1.00. The molecule has 13 heavy (non-hydrogen) atoms. The standard InChI is InChI=1S/C11H24O2/c1-5-7-8-12-9-11(4)13-10(3)6-2/h10-11H,5-9H2,1-4H3. The Morgan fingerprint density at radius 1 is 1.08 bits per heavy atom. The van der Waals surface area contributed by atoms with Gasteiger partial charge in [-0.1, -0.05) is 20.3 Å². The molecule has 2 atom stereocenters. The van der Waals surface area contributed by atoms with Crippen molar-refractivity contribution >= 4 is 0 Å². The topological polar surface area (TPSA) is 18.5 Å². The predicted molar refractivity (Wildman–Crippen MR) is 56.0 cm³/mol. The van der Waals surface area contributed by atoms with E-state index in [1.807, 2.05) is 0 Å². The second kappa shape index (κ2) is 8.52. The van der Waals surface area contributed by atoms with Crippen molar-refractivity contribution in [2.45, 2.75) is 59.2 Å². The van der Waals surface area contributed by atoms with Gasteiger partial charge in [0, 0.05) is 6.61 Å². The Kier molecular flexibility index (Phi) is 8.46. The van der Waals surface area contributed by atoms with E-state index >= 15 is 0 Å². The first kappa shape index (κ1) is 12.9. The highest BCUT2D eigenvalue weighted by Gasteiger charge is 2.06. The van der Waals surface area contributed by atoms with Crippen LogP contribution >= 0.6 is 0 Å². The molecule has 0 aliphatic carbocycles. The summed E-state index contributed by atoms with van der Waals surface area (Å²) < 4.78 is 11.1. The Balaban J connectivity index is 3.24. The van der Waals surface area contributed by atoms with Crippen molar-refractivity contribution in [3.05, 3.63) is 0 Å². The van der Waals surface area contributed by atoms with Gasteiger partial charge in [0.05, 0.1) is 18.8 Å². The van der Waals surface area contributed by atoms with Crippen molar-refractivity contribution in [2.24, 2.45) is 0 Å². The van der Waals surface area contributed by atoms with E-state index in [0.29, 0.717) is 6.10 Å². The van der Waals surface area contributed by atoms with E-state index in [9.17, 15) is 0 Å². The van der Waals surface area contributed by atoms with Crippen LogP contribution in [0.4, 0.5) is 0 Å². The van der Waals surface area contributed by atoms with Crippen molar-refractivity contribution in [1.82, 2.24) is 0 Å². The van der Waals surface area contributed by atoms with Crippen LogP contribution in [0.2, 0.25) is 0 Å². The molecule has 0 N–H and O–H groups in total. The number of unbranched alkanes of at least 4 members (excludes halogenated alkanes) is 1. The highest BCUT2D eigenvalue weighted by atomic mass is 16.5. The molecule has 0 amide bonds. The van der Waals surface area contributed by atoms with Crippen LogP contribution in [0.1, 0.15) is 47.0 Å². The molecule has 0 heterocycles. The smallest absolute Gasteiger partial charge is 0.0784 e. The molecule has 0 bridgehead atoms. The summed E-state index contributed by atoms with van der Waals surface area (Å²) in [6.45, 7) is 10.1. The molecule has 0 aromatic carbocycles. The number of ether oxygens (including phenoxy) is 2. The average Bonchev–Trinajstić information content (AvgIpc) is 2.12. The third-order valence-electron chi connectivity index (χ3n) is 2.03. The highest BCUT2D eigenvalue weighted by Crippen LogP contribution is 2.02. The van der Waals surface area contributed by atoms with Crippen molar-refractivity contribution in [3.8, 4) is 0 Å². The van der Waals surface area contributed by atoms with Crippen LogP contribution in [0.5, 0.6) is 0 Å². The van der Waals surface area contributed by atoms with Gasteiger partial charge >= 0.3 is 0 Å². The molecule has 2 unspecified atom stereocenters. The second-order valence-corrected chi connectivity index (χ2v) is 3.59. The van der Waals surface area contributed by atoms with Gasteiger partial charge in [0.25, 0.3) is 0 Å². The SMILES string of the molecule is CCCCOCC(C)OC(C)CC. The minimum Gasteiger partial charge on any atom is -0.379 e. The molecule has 0 aromatic rings. The first-order valence-corrected chi connectivity index (χ1v) is 5.43. The second-order valence-electron chi connectivity index (χ2n) is 3.59. The lowest BCUT2D eigenvalue weighted by Gasteiger charge is -2.17. The lowest BCUT2D eigenvalue weighted by atomic mass is 10.3. The monoisotopic (exact) mass is 188 g/mol. The van der Waals surface area contributed by atoms with E-state index in [-0.39, 0.29) is 6.10 Å². The molecule has 2 nitrogen and oxygen atoms in total. The molecule has 0 aliphatic rings. The van der Waals surface area contributed by atoms with Crippen LogP contribution in [-0.2, 0) is 9.47 Å². The highest BCUT2D eigenvalue weighted by molar-refractivity contribution is 4.52. The summed E-state index contributed by atoms with van der Waals surface area (Å²) in [5.41, 5.74) is 0. The normalized spacial score (nSPS) is 15.7. The summed E-state index contributed by atoms with van der Waals surface area (Å²) in [7, 11) is 0. The van der Waals surface area contributed by atoms with Crippen molar-refractivity contribution in [1.29, 1.82) is 0 Å². The summed E-state index contributed by atoms with van der Waals surface area (Å²) in [5.74, 6) is 0. The number of hydrogen-bond donors (Lipinski definition) is 0. The number of rotatable bonds is 8. The maximum atomic E-state index is 5.65. The molecular weight excluding hydrogens is 164 g/mol. The lowest BCUT2D eigenvalue weighted by molar-refractivity contribution is -0.0426. The number of hydrogen-bond acceptors (Lipinski definition) is 2. The molecule has 0 fully saturated rings.